The fourth-order valence-corrected chi connectivity index (χ4v) is 2.93. The number of hydrogen-bond acceptors (Lipinski definition) is 5. The average Bonchev–Trinajstić information content (AvgIpc) is 3.08. The van der Waals surface area contributed by atoms with E-state index in [1.165, 1.54) is 23.1 Å². The largest absolute Gasteiger partial charge is 0.312 e. The van der Waals surface area contributed by atoms with Gasteiger partial charge in [-0.05, 0) is 30.3 Å². The minimum atomic E-state index is -0.698. The summed E-state index contributed by atoms with van der Waals surface area (Å²) in [4.78, 5) is 48.2. The van der Waals surface area contributed by atoms with Gasteiger partial charge >= 0.3 is 0 Å². The monoisotopic (exact) mass is 402 g/mol. The fourth-order valence-electron chi connectivity index (χ4n) is 2.81. The maximum Gasteiger partial charge on any atom is 0.270 e. The summed E-state index contributed by atoms with van der Waals surface area (Å²) in [5.41, 5.74) is 4.90. The van der Waals surface area contributed by atoms with Crippen molar-refractivity contribution in [3.05, 3.63) is 69.2 Å². The number of halogens is 1. The number of nitrogens with one attached hydrogen (secondary N) is 2. The fraction of sp³-hybridized carbons (Fsp3) is 0.167. The molecule has 1 aliphatic rings. The third kappa shape index (κ3) is 4.26. The van der Waals surface area contributed by atoms with Crippen molar-refractivity contribution < 1.29 is 19.3 Å². The van der Waals surface area contributed by atoms with Gasteiger partial charge in [0.1, 0.15) is 0 Å². The Hall–Kier alpha value is -3.46. The van der Waals surface area contributed by atoms with Gasteiger partial charge in [-0.15, -0.1) is 0 Å². The van der Waals surface area contributed by atoms with Crippen molar-refractivity contribution in [2.24, 2.45) is 5.92 Å². The normalized spacial score (nSPS) is 16.0. The lowest BCUT2D eigenvalue weighted by Crippen LogP contribution is -2.45. The van der Waals surface area contributed by atoms with Crippen molar-refractivity contribution in [1.82, 2.24) is 10.9 Å². The highest BCUT2D eigenvalue weighted by molar-refractivity contribution is 6.30. The Kier molecular flexibility index (Phi) is 5.55. The smallest absolute Gasteiger partial charge is 0.270 e. The van der Waals surface area contributed by atoms with E-state index in [9.17, 15) is 24.5 Å². The van der Waals surface area contributed by atoms with Gasteiger partial charge in [-0.1, -0.05) is 17.7 Å². The summed E-state index contributed by atoms with van der Waals surface area (Å²) in [6.45, 7) is 0.166. The molecular weight excluding hydrogens is 388 g/mol. The predicted octanol–water partition coefficient (Wildman–Crippen LogP) is 2.06. The summed E-state index contributed by atoms with van der Waals surface area (Å²) in [6.07, 6.45) is 0.00113. The zero-order valence-corrected chi connectivity index (χ0v) is 15.2. The molecule has 0 radical (unpaired) electrons. The van der Waals surface area contributed by atoms with Gasteiger partial charge in [0.15, 0.2) is 0 Å². The lowest BCUT2D eigenvalue weighted by atomic mass is 10.1. The van der Waals surface area contributed by atoms with E-state index in [4.69, 9.17) is 11.6 Å². The highest BCUT2D eigenvalue weighted by Gasteiger charge is 2.35. The Bertz CT molecular complexity index is 947. The van der Waals surface area contributed by atoms with E-state index in [0.29, 0.717) is 10.7 Å². The summed E-state index contributed by atoms with van der Waals surface area (Å²) in [5, 5.41) is 11.3. The first-order valence-electron chi connectivity index (χ1n) is 8.26. The summed E-state index contributed by atoms with van der Waals surface area (Å²) in [6, 6.07) is 11.8. The number of nitro benzene ring substituents is 1. The molecule has 0 unspecified atom stereocenters. The lowest BCUT2D eigenvalue weighted by molar-refractivity contribution is -0.384. The van der Waals surface area contributed by atoms with Crippen molar-refractivity contribution in [2.45, 2.75) is 6.42 Å². The molecule has 2 N–H and O–H groups in total. The molecule has 1 saturated heterocycles. The van der Waals surface area contributed by atoms with Crippen LogP contribution in [0.2, 0.25) is 5.02 Å². The average molecular weight is 403 g/mol. The number of hydrogen-bond donors (Lipinski definition) is 2. The molecule has 1 atom stereocenters. The zero-order chi connectivity index (χ0) is 20.3. The first-order chi connectivity index (χ1) is 13.3. The van der Waals surface area contributed by atoms with Gasteiger partial charge in [0.25, 0.3) is 11.6 Å². The standard InChI is InChI=1S/C18H15ClN4O5/c19-13-4-6-14(7-5-13)22-10-12(9-16(22)24)18(26)21-20-17(25)11-2-1-3-15(8-11)23(27)28/h1-8,12H,9-10H2,(H,20,25)(H,21,26)/t12-/m0/s1. The first kappa shape index (κ1) is 19.3. The molecule has 1 aliphatic heterocycles. The quantitative estimate of drug-likeness (QED) is 0.598. The predicted molar refractivity (Wildman–Crippen MR) is 101 cm³/mol. The third-order valence-corrected chi connectivity index (χ3v) is 4.50. The van der Waals surface area contributed by atoms with E-state index >= 15 is 0 Å². The Morgan fingerprint density at radius 1 is 1.14 bits per heavy atom. The second kappa shape index (κ2) is 8.05. The van der Waals surface area contributed by atoms with Crippen molar-refractivity contribution in [1.29, 1.82) is 0 Å². The SMILES string of the molecule is O=C(NNC(=O)[C@H]1CC(=O)N(c2ccc(Cl)cc2)C1)c1cccc([N+](=O)[O-])c1. The lowest BCUT2D eigenvalue weighted by Gasteiger charge is -2.17. The molecule has 0 aromatic heterocycles. The molecule has 1 fully saturated rings. The Labute approximate surface area is 164 Å². The maximum absolute atomic E-state index is 12.3. The van der Waals surface area contributed by atoms with Gasteiger partial charge in [0.2, 0.25) is 11.8 Å². The maximum atomic E-state index is 12.3. The molecule has 28 heavy (non-hydrogen) atoms. The van der Waals surface area contributed by atoms with Crippen molar-refractivity contribution in [2.75, 3.05) is 11.4 Å². The van der Waals surface area contributed by atoms with Gasteiger partial charge in [0.05, 0.1) is 10.8 Å². The molecule has 3 amide bonds. The van der Waals surface area contributed by atoms with Crippen LogP contribution in [0, 0.1) is 16.0 Å². The Balaban J connectivity index is 1.59. The van der Waals surface area contributed by atoms with Crippen LogP contribution >= 0.6 is 11.6 Å². The minimum Gasteiger partial charge on any atom is -0.312 e. The van der Waals surface area contributed by atoms with Crippen molar-refractivity contribution >= 4 is 40.7 Å². The van der Waals surface area contributed by atoms with Crippen LogP contribution in [0.15, 0.2) is 48.5 Å². The van der Waals surface area contributed by atoms with Crippen molar-refractivity contribution in [3.8, 4) is 0 Å². The number of nitrogens with zero attached hydrogens (tertiary/aromatic N) is 2. The van der Waals surface area contributed by atoms with Crippen LogP contribution in [0.4, 0.5) is 11.4 Å². The summed E-state index contributed by atoms with van der Waals surface area (Å²) < 4.78 is 0. The van der Waals surface area contributed by atoms with E-state index in [2.05, 4.69) is 10.9 Å². The van der Waals surface area contributed by atoms with E-state index in [1.54, 1.807) is 24.3 Å². The number of carbonyl (C=O) groups excluding carboxylic acids is 3. The van der Waals surface area contributed by atoms with Crippen molar-refractivity contribution in [3.63, 3.8) is 0 Å². The molecule has 10 heteroatoms. The number of nitro groups is 1. The molecule has 0 aliphatic carbocycles. The number of rotatable bonds is 4. The van der Waals surface area contributed by atoms with Gasteiger partial charge in [-0.25, -0.2) is 0 Å². The topological polar surface area (TPSA) is 122 Å². The van der Waals surface area contributed by atoms with Crippen LogP contribution in [0.1, 0.15) is 16.8 Å². The van der Waals surface area contributed by atoms with E-state index in [1.807, 2.05) is 0 Å². The van der Waals surface area contributed by atoms with Gasteiger partial charge < -0.3 is 4.90 Å². The van der Waals surface area contributed by atoms with Crippen LogP contribution in [0.25, 0.3) is 0 Å². The summed E-state index contributed by atoms with van der Waals surface area (Å²) in [7, 11) is 0. The summed E-state index contributed by atoms with van der Waals surface area (Å²) in [5.74, 6) is -2.08. The number of benzene rings is 2. The van der Waals surface area contributed by atoms with Gasteiger partial charge in [0, 0.05) is 41.4 Å². The van der Waals surface area contributed by atoms with Crippen LogP contribution in [0.3, 0.4) is 0 Å². The molecule has 9 nitrogen and oxygen atoms in total. The first-order valence-corrected chi connectivity index (χ1v) is 8.63. The minimum absolute atomic E-state index is 0.00113. The second-order valence-corrected chi connectivity index (χ2v) is 6.57. The third-order valence-electron chi connectivity index (χ3n) is 4.25. The van der Waals surface area contributed by atoms with Crippen LogP contribution in [0.5, 0.6) is 0 Å². The molecule has 3 rings (SSSR count). The highest BCUT2D eigenvalue weighted by Crippen LogP contribution is 2.26. The number of anilines is 1. The van der Waals surface area contributed by atoms with E-state index in [-0.39, 0.29) is 30.1 Å². The number of hydrazine groups is 1. The van der Waals surface area contributed by atoms with Crippen LogP contribution in [-0.2, 0) is 9.59 Å². The molecule has 0 saturated carbocycles. The van der Waals surface area contributed by atoms with Crippen LogP contribution < -0.4 is 15.8 Å². The molecule has 144 valence electrons. The molecule has 2 aromatic rings. The number of carbonyl (C=O) groups is 3. The Morgan fingerprint density at radius 2 is 1.86 bits per heavy atom. The van der Waals surface area contributed by atoms with Gasteiger partial charge in [-0.2, -0.15) is 0 Å². The molecular formula is C18H15ClN4O5. The summed E-state index contributed by atoms with van der Waals surface area (Å²) >= 11 is 5.84. The molecule has 2 aromatic carbocycles. The molecule has 1 heterocycles. The van der Waals surface area contributed by atoms with Gasteiger partial charge in [-0.3, -0.25) is 35.3 Å². The van der Waals surface area contributed by atoms with Crippen LogP contribution in [-0.4, -0.2) is 29.2 Å². The highest BCUT2D eigenvalue weighted by atomic mass is 35.5. The second-order valence-electron chi connectivity index (χ2n) is 6.13. The zero-order valence-electron chi connectivity index (χ0n) is 14.4. The van der Waals surface area contributed by atoms with E-state index in [0.717, 1.165) is 6.07 Å². The molecule has 0 bridgehead atoms. The number of non-ortho nitro benzene ring substituents is 1. The number of amides is 3. The van der Waals surface area contributed by atoms with E-state index < -0.39 is 22.7 Å². The Morgan fingerprint density at radius 3 is 2.54 bits per heavy atom. The molecule has 0 spiro atoms.